The standard InChI is InChI=1S/C18H27N5O3S/c19-16(25)12-6-8-23(9-7-12)15(24)10-14-11-27-18(21-14)22-17(26)20-13-4-2-1-3-5-13/h11-13H,1-10H2,(H2,19,25)(H2,20,21,22,26). The fraction of sp³-hybridized carbons (Fsp3) is 0.667. The highest BCUT2D eigenvalue weighted by Crippen LogP contribution is 2.21. The Morgan fingerprint density at radius 1 is 1.15 bits per heavy atom. The Balaban J connectivity index is 1.44. The van der Waals surface area contributed by atoms with Gasteiger partial charge >= 0.3 is 6.03 Å². The summed E-state index contributed by atoms with van der Waals surface area (Å²) in [4.78, 5) is 41.8. The summed E-state index contributed by atoms with van der Waals surface area (Å²) in [6, 6.07) is 0.00532. The summed E-state index contributed by atoms with van der Waals surface area (Å²) in [5, 5.41) is 8.04. The number of nitrogens with one attached hydrogen (secondary N) is 2. The summed E-state index contributed by atoms with van der Waals surface area (Å²) < 4.78 is 0. The molecular weight excluding hydrogens is 366 g/mol. The Bertz CT molecular complexity index is 678. The van der Waals surface area contributed by atoms with Crippen LogP contribution >= 0.6 is 11.3 Å². The van der Waals surface area contributed by atoms with Crippen LogP contribution in [-0.2, 0) is 16.0 Å². The maximum atomic E-state index is 12.4. The fourth-order valence-electron chi connectivity index (χ4n) is 3.69. The Morgan fingerprint density at radius 2 is 1.85 bits per heavy atom. The quantitative estimate of drug-likeness (QED) is 0.708. The lowest BCUT2D eigenvalue weighted by Crippen LogP contribution is -2.42. The molecule has 0 unspecified atom stereocenters. The van der Waals surface area contributed by atoms with Crippen molar-refractivity contribution >= 4 is 34.3 Å². The first kappa shape index (κ1) is 19.6. The van der Waals surface area contributed by atoms with Crippen LogP contribution in [0.2, 0.25) is 0 Å². The predicted molar refractivity (Wildman–Crippen MR) is 103 cm³/mol. The van der Waals surface area contributed by atoms with Gasteiger partial charge in [0.1, 0.15) is 0 Å². The molecule has 0 radical (unpaired) electrons. The van der Waals surface area contributed by atoms with Gasteiger partial charge in [0.25, 0.3) is 0 Å². The maximum Gasteiger partial charge on any atom is 0.321 e. The van der Waals surface area contributed by atoms with Crippen molar-refractivity contribution in [2.75, 3.05) is 18.4 Å². The van der Waals surface area contributed by atoms with Gasteiger partial charge in [0, 0.05) is 30.4 Å². The third kappa shape index (κ3) is 5.66. The van der Waals surface area contributed by atoms with Gasteiger partial charge in [-0.15, -0.1) is 11.3 Å². The molecule has 148 valence electrons. The summed E-state index contributed by atoms with van der Waals surface area (Å²) in [7, 11) is 0. The van der Waals surface area contributed by atoms with Crippen LogP contribution < -0.4 is 16.4 Å². The minimum absolute atomic E-state index is 0.0126. The van der Waals surface area contributed by atoms with E-state index in [2.05, 4.69) is 15.6 Å². The van der Waals surface area contributed by atoms with Gasteiger partial charge < -0.3 is 16.0 Å². The summed E-state index contributed by atoms with van der Waals surface area (Å²) in [5.74, 6) is -0.433. The largest absolute Gasteiger partial charge is 0.369 e. The van der Waals surface area contributed by atoms with E-state index in [1.54, 1.807) is 10.3 Å². The first-order valence-corrected chi connectivity index (χ1v) is 10.5. The molecule has 0 spiro atoms. The number of nitrogens with zero attached hydrogens (tertiary/aromatic N) is 2. The molecule has 4 amide bonds. The van der Waals surface area contributed by atoms with Gasteiger partial charge in [-0.1, -0.05) is 19.3 Å². The van der Waals surface area contributed by atoms with Crippen molar-refractivity contribution in [3.63, 3.8) is 0 Å². The van der Waals surface area contributed by atoms with E-state index < -0.39 is 0 Å². The topological polar surface area (TPSA) is 117 Å². The van der Waals surface area contributed by atoms with E-state index in [1.807, 2.05) is 0 Å². The van der Waals surface area contributed by atoms with Crippen molar-refractivity contribution in [3.8, 4) is 0 Å². The summed E-state index contributed by atoms with van der Waals surface area (Å²) in [6.07, 6.45) is 7.04. The number of thiazole rings is 1. The van der Waals surface area contributed by atoms with Crippen molar-refractivity contribution in [2.24, 2.45) is 11.7 Å². The van der Waals surface area contributed by atoms with Gasteiger partial charge in [-0.3, -0.25) is 14.9 Å². The molecule has 2 heterocycles. The van der Waals surface area contributed by atoms with Crippen LogP contribution in [0, 0.1) is 5.92 Å². The summed E-state index contributed by atoms with van der Waals surface area (Å²) in [6.45, 7) is 1.09. The van der Waals surface area contributed by atoms with Crippen LogP contribution in [0.1, 0.15) is 50.6 Å². The molecule has 1 aliphatic carbocycles. The van der Waals surface area contributed by atoms with Gasteiger partial charge in [0.2, 0.25) is 11.8 Å². The Hall–Kier alpha value is -2.16. The van der Waals surface area contributed by atoms with Crippen molar-refractivity contribution in [3.05, 3.63) is 11.1 Å². The number of urea groups is 1. The van der Waals surface area contributed by atoms with Crippen molar-refractivity contribution < 1.29 is 14.4 Å². The number of nitrogens with two attached hydrogens (primary N) is 1. The minimum Gasteiger partial charge on any atom is -0.369 e. The number of hydrogen-bond acceptors (Lipinski definition) is 5. The van der Waals surface area contributed by atoms with E-state index in [4.69, 9.17) is 5.73 Å². The second kappa shape index (κ2) is 9.16. The lowest BCUT2D eigenvalue weighted by Gasteiger charge is -2.30. The van der Waals surface area contributed by atoms with Gasteiger partial charge in [0.05, 0.1) is 12.1 Å². The van der Waals surface area contributed by atoms with Gasteiger partial charge in [0.15, 0.2) is 5.13 Å². The third-order valence-electron chi connectivity index (χ3n) is 5.29. The van der Waals surface area contributed by atoms with E-state index in [1.165, 1.54) is 17.8 Å². The fourth-order valence-corrected chi connectivity index (χ4v) is 4.40. The lowest BCUT2D eigenvalue weighted by atomic mass is 9.96. The molecule has 1 aromatic rings. The molecule has 1 aliphatic heterocycles. The van der Waals surface area contributed by atoms with Crippen LogP contribution in [0.5, 0.6) is 0 Å². The number of aromatic nitrogens is 1. The number of likely N-dealkylation sites (tertiary alicyclic amines) is 1. The molecule has 3 rings (SSSR count). The lowest BCUT2D eigenvalue weighted by molar-refractivity contribution is -0.134. The van der Waals surface area contributed by atoms with Crippen LogP contribution in [0.25, 0.3) is 0 Å². The first-order chi connectivity index (χ1) is 13.0. The molecule has 1 saturated carbocycles. The Kier molecular flexibility index (Phi) is 6.65. The highest BCUT2D eigenvalue weighted by Gasteiger charge is 2.26. The zero-order valence-corrected chi connectivity index (χ0v) is 16.2. The molecule has 4 N–H and O–H groups in total. The predicted octanol–water partition coefficient (Wildman–Crippen LogP) is 1.86. The molecule has 1 saturated heterocycles. The number of hydrogen-bond donors (Lipinski definition) is 3. The number of rotatable bonds is 5. The Labute approximate surface area is 162 Å². The molecule has 2 aliphatic rings. The minimum atomic E-state index is -0.288. The number of piperidine rings is 1. The Morgan fingerprint density at radius 3 is 2.52 bits per heavy atom. The molecule has 0 aromatic carbocycles. The second-order valence-electron chi connectivity index (χ2n) is 7.31. The summed E-state index contributed by atoms with van der Waals surface area (Å²) in [5.41, 5.74) is 5.97. The van der Waals surface area contributed by atoms with E-state index >= 15 is 0 Å². The van der Waals surface area contributed by atoms with Crippen LogP contribution in [-0.4, -0.2) is 46.9 Å². The molecular formula is C18H27N5O3S. The second-order valence-corrected chi connectivity index (χ2v) is 8.17. The monoisotopic (exact) mass is 393 g/mol. The van der Waals surface area contributed by atoms with Crippen LogP contribution in [0.4, 0.5) is 9.93 Å². The number of primary amides is 1. The normalized spacial score (nSPS) is 18.9. The van der Waals surface area contributed by atoms with Gasteiger partial charge in [-0.2, -0.15) is 0 Å². The van der Waals surface area contributed by atoms with Crippen LogP contribution in [0.15, 0.2) is 5.38 Å². The first-order valence-electron chi connectivity index (χ1n) is 9.60. The molecule has 27 heavy (non-hydrogen) atoms. The zero-order valence-electron chi connectivity index (χ0n) is 15.4. The average Bonchev–Trinajstić information content (AvgIpc) is 3.09. The highest BCUT2D eigenvalue weighted by atomic mass is 32.1. The van der Waals surface area contributed by atoms with E-state index in [9.17, 15) is 14.4 Å². The van der Waals surface area contributed by atoms with Crippen LogP contribution in [0.3, 0.4) is 0 Å². The zero-order chi connectivity index (χ0) is 19.2. The third-order valence-corrected chi connectivity index (χ3v) is 6.10. The number of anilines is 1. The van der Waals surface area contributed by atoms with Crippen molar-refractivity contribution in [2.45, 2.75) is 57.4 Å². The average molecular weight is 394 g/mol. The van der Waals surface area contributed by atoms with E-state index in [0.717, 1.165) is 25.7 Å². The van der Waals surface area contributed by atoms with Crippen molar-refractivity contribution in [1.82, 2.24) is 15.2 Å². The molecule has 2 fully saturated rings. The molecule has 0 bridgehead atoms. The molecule has 9 heteroatoms. The van der Waals surface area contributed by atoms with E-state index in [0.29, 0.717) is 36.8 Å². The van der Waals surface area contributed by atoms with Gasteiger partial charge in [-0.05, 0) is 25.7 Å². The molecule has 1 aromatic heterocycles. The molecule has 0 atom stereocenters. The highest BCUT2D eigenvalue weighted by molar-refractivity contribution is 7.13. The number of carbonyl (C=O) groups excluding carboxylic acids is 3. The van der Waals surface area contributed by atoms with E-state index in [-0.39, 0.29) is 36.2 Å². The summed E-state index contributed by atoms with van der Waals surface area (Å²) >= 11 is 1.32. The number of amides is 4. The molecule has 8 nitrogen and oxygen atoms in total. The smallest absolute Gasteiger partial charge is 0.321 e. The van der Waals surface area contributed by atoms with Crippen molar-refractivity contribution in [1.29, 1.82) is 0 Å². The SMILES string of the molecule is NC(=O)C1CCN(C(=O)Cc2csc(NC(=O)NC3CCCCC3)n2)CC1. The maximum absolute atomic E-state index is 12.4. The number of carbonyl (C=O) groups is 3. The van der Waals surface area contributed by atoms with Gasteiger partial charge in [-0.25, -0.2) is 9.78 Å².